The summed E-state index contributed by atoms with van der Waals surface area (Å²) in [6.07, 6.45) is 9.39. The average Bonchev–Trinajstić information content (AvgIpc) is 2.68. The third-order valence-corrected chi connectivity index (χ3v) is 4.77. The van der Waals surface area contributed by atoms with Crippen LogP contribution in [0.4, 0.5) is 8.78 Å². The van der Waals surface area contributed by atoms with E-state index < -0.39 is 11.6 Å². The smallest absolute Gasteiger partial charge is 0.126 e. The molecule has 0 aliphatic heterocycles. The molecule has 0 amide bonds. The van der Waals surface area contributed by atoms with Crippen molar-refractivity contribution in [2.75, 3.05) is 0 Å². The highest BCUT2D eigenvalue weighted by molar-refractivity contribution is 5.68. The minimum Gasteiger partial charge on any atom is -0.256 e. The fourth-order valence-corrected chi connectivity index (χ4v) is 3.23. The van der Waals surface area contributed by atoms with E-state index in [1.54, 1.807) is 0 Å². The normalized spacial score (nSPS) is 10.9. The Morgan fingerprint density at radius 2 is 1.37 bits per heavy atom. The second-order valence-corrected chi connectivity index (χ2v) is 6.95. The Kier molecular flexibility index (Phi) is 6.69. The van der Waals surface area contributed by atoms with Crippen molar-refractivity contribution in [1.82, 2.24) is 4.98 Å². The van der Waals surface area contributed by atoms with Gasteiger partial charge in [-0.1, -0.05) is 62.9 Å². The van der Waals surface area contributed by atoms with Crippen LogP contribution in [0.1, 0.15) is 44.6 Å². The van der Waals surface area contributed by atoms with Gasteiger partial charge in [-0.3, -0.25) is 4.98 Å². The van der Waals surface area contributed by atoms with E-state index in [-0.39, 0.29) is 0 Å². The fraction of sp³-hybridized carbons (Fsp3) is 0.292. The van der Waals surface area contributed by atoms with Crippen LogP contribution in [0.3, 0.4) is 0 Å². The summed E-state index contributed by atoms with van der Waals surface area (Å²) in [6.45, 7) is 2.23. The van der Waals surface area contributed by atoms with Crippen LogP contribution in [0.15, 0.2) is 60.8 Å². The summed E-state index contributed by atoms with van der Waals surface area (Å²) in [6, 6.07) is 15.3. The lowest BCUT2D eigenvalue weighted by atomic mass is 10.0. The lowest BCUT2D eigenvalue weighted by Crippen LogP contribution is -1.90. The molecular formula is C24H25F2N. The second-order valence-electron chi connectivity index (χ2n) is 6.95. The number of benzene rings is 2. The van der Waals surface area contributed by atoms with Crippen LogP contribution in [0.25, 0.3) is 22.4 Å². The number of pyridine rings is 1. The maximum absolute atomic E-state index is 13.4. The van der Waals surface area contributed by atoms with E-state index in [9.17, 15) is 8.78 Å². The summed E-state index contributed by atoms with van der Waals surface area (Å²) in [5, 5.41) is 0. The van der Waals surface area contributed by atoms with Gasteiger partial charge in [0.05, 0.1) is 5.69 Å². The van der Waals surface area contributed by atoms with E-state index in [0.29, 0.717) is 5.56 Å². The Bertz CT molecular complexity index is 834. The predicted octanol–water partition coefficient (Wildman–Crippen LogP) is 7.21. The Labute approximate surface area is 160 Å². The highest BCUT2D eigenvalue weighted by Gasteiger charge is 2.05. The molecule has 2 aromatic carbocycles. The molecule has 0 radical (unpaired) electrons. The third-order valence-electron chi connectivity index (χ3n) is 4.77. The van der Waals surface area contributed by atoms with Crippen molar-refractivity contribution in [1.29, 1.82) is 0 Å². The van der Waals surface area contributed by atoms with Crippen molar-refractivity contribution in [3.8, 4) is 22.4 Å². The van der Waals surface area contributed by atoms with Gasteiger partial charge in [0.2, 0.25) is 0 Å². The van der Waals surface area contributed by atoms with Crippen molar-refractivity contribution < 1.29 is 8.78 Å². The van der Waals surface area contributed by atoms with Crippen LogP contribution in [0, 0.1) is 11.6 Å². The first-order chi connectivity index (χ1) is 13.2. The molecule has 3 heteroatoms. The zero-order valence-electron chi connectivity index (χ0n) is 15.7. The molecule has 0 fully saturated rings. The Morgan fingerprint density at radius 3 is 2.00 bits per heavy atom. The highest BCUT2D eigenvalue weighted by Crippen LogP contribution is 2.25. The average molecular weight is 365 g/mol. The molecule has 0 spiro atoms. The van der Waals surface area contributed by atoms with Gasteiger partial charge in [0.25, 0.3) is 0 Å². The van der Waals surface area contributed by atoms with Crippen molar-refractivity contribution in [3.05, 3.63) is 78.0 Å². The number of unbranched alkanes of at least 4 members (excludes halogenated alkanes) is 4. The summed E-state index contributed by atoms with van der Waals surface area (Å²) in [5.74, 6) is -1.14. The van der Waals surface area contributed by atoms with Crippen molar-refractivity contribution >= 4 is 0 Å². The van der Waals surface area contributed by atoms with Gasteiger partial charge < -0.3 is 0 Å². The van der Waals surface area contributed by atoms with Crippen molar-refractivity contribution in [2.24, 2.45) is 0 Å². The van der Waals surface area contributed by atoms with E-state index in [1.807, 2.05) is 36.5 Å². The largest absolute Gasteiger partial charge is 0.256 e. The zero-order chi connectivity index (χ0) is 19.1. The zero-order valence-corrected chi connectivity index (χ0v) is 15.7. The summed E-state index contributed by atoms with van der Waals surface area (Å²) in [4.78, 5) is 4.57. The molecule has 0 bridgehead atoms. The molecule has 0 atom stereocenters. The van der Waals surface area contributed by atoms with Gasteiger partial charge in [-0.2, -0.15) is 0 Å². The van der Waals surface area contributed by atoms with Gasteiger partial charge >= 0.3 is 0 Å². The first kappa shape index (κ1) is 19.2. The minimum atomic E-state index is -0.568. The van der Waals surface area contributed by atoms with Crippen molar-refractivity contribution in [2.45, 2.75) is 45.4 Å². The minimum absolute atomic E-state index is 0.533. The number of hydrogen-bond donors (Lipinski definition) is 0. The molecule has 3 rings (SSSR count). The number of halogens is 2. The quantitative estimate of drug-likeness (QED) is 0.384. The van der Waals surface area contributed by atoms with E-state index in [0.717, 1.165) is 29.3 Å². The molecule has 1 aromatic heterocycles. The Morgan fingerprint density at radius 1 is 0.704 bits per heavy atom. The van der Waals surface area contributed by atoms with E-state index in [2.05, 4.69) is 18.0 Å². The van der Waals surface area contributed by atoms with Crippen LogP contribution in [-0.2, 0) is 6.42 Å². The van der Waals surface area contributed by atoms with Crippen LogP contribution in [0.5, 0.6) is 0 Å². The molecule has 0 unspecified atom stereocenters. The molecule has 140 valence electrons. The standard InChI is InChI=1S/C24H25F2N/c1-2-3-4-5-6-7-18-8-13-24(27-17-18)20-11-9-19(10-12-20)21-14-22(25)16-23(26)15-21/h8-17H,2-7H2,1H3. The van der Waals surface area contributed by atoms with Crippen LogP contribution in [0.2, 0.25) is 0 Å². The van der Waals surface area contributed by atoms with Gasteiger partial charge in [0, 0.05) is 17.8 Å². The van der Waals surface area contributed by atoms with E-state index in [4.69, 9.17) is 0 Å². The van der Waals surface area contributed by atoms with Gasteiger partial charge in [-0.25, -0.2) is 8.78 Å². The highest BCUT2D eigenvalue weighted by atomic mass is 19.1. The SMILES string of the molecule is CCCCCCCc1ccc(-c2ccc(-c3cc(F)cc(F)c3)cc2)nc1. The summed E-state index contributed by atoms with van der Waals surface area (Å²) in [7, 11) is 0. The molecule has 27 heavy (non-hydrogen) atoms. The van der Waals surface area contributed by atoms with Gasteiger partial charge in [0.1, 0.15) is 11.6 Å². The number of hydrogen-bond acceptors (Lipinski definition) is 1. The first-order valence-corrected chi connectivity index (χ1v) is 9.67. The maximum atomic E-state index is 13.4. The van der Waals surface area contributed by atoms with Gasteiger partial charge in [0.15, 0.2) is 0 Å². The van der Waals surface area contributed by atoms with E-state index >= 15 is 0 Å². The summed E-state index contributed by atoms with van der Waals surface area (Å²) in [5.41, 5.74) is 4.47. The maximum Gasteiger partial charge on any atom is 0.126 e. The third kappa shape index (κ3) is 5.46. The number of rotatable bonds is 8. The van der Waals surface area contributed by atoms with Crippen LogP contribution < -0.4 is 0 Å². The summed E-state index contributed by atoms with van der Waals surface area (Å²) >= 11 is 0. The fourth-order valence-electron chi connectivity index (χ4n) is 3.23. The number of aromatic nitrogens is 1. The molecular weight excluding hydrogens is 340 g/mol. The predicted molar refractivity (Wildman–Crippen MR) is 107 cm³/mol. The molecule has 3 aromatic rings. The van der Waals surface area contributed by atoms with Crippen LogP contribution >= 0.6 is 0 Å². The second kappa shape index (κ2) is 9.40. The molecule has 0 aliphatic rings. The number of aryl methyl sites for hydroxylation is 1. The van der Waals surface area contributed by atoms with Crippen LogP contribution in [-0.4, -0.2) is 4.98 Å². The molecule has 0 N–H and O–H groups in total. The molecule has 1 nitrogen and oxygen atoms in total. The monoisotopic (exact) mass is 365 g/mol. The molecule has 0 aliphatic carbocycles. The lowest BCUT2D eigenvalue weighted by molar-refractivity contribution is 0.584. The first-order valence-electron chi connectivity index (χ1n) is 9.67. The lowest BCUT2D eigenvalue weighted by Gasteiger charge is -2.06. The Balaban J connectivity index is 1.64. The Hall–Kier alpha value is -2.55. The summed E-state index contributed by atoms with van der Waals surface area (Å²) < 4.78 is 26.8. The van der Waals surface area contributed by atoms with E-state index in [1.165, 1.54) is 49.8 Å². The topological polar surface area (TPSA) is 12.9 Å². The molecule has 1 heterocycles. The van der Waals surface area contributed by atoms with Gasteiger partial charge in [-0.05, 0) is 47.7 Å². The van der Waals surface area contributed by atoms with Crippen molar-refractivity contribution in [3.63, 3.8) is 0 Å². The molecule has 0 saturated heterocycles. The molecule has 0 saturated carbocycles. The number of nitrogens with zero attached hydrogens (tertiary/aromatic N) is 1. The van der Waals surface area contributed by atoms with Gasteiger partial charge in [-0.15, -0.1) is 0 Å².